The third-order valence-electron chi connectivity index (χ3n) is 2.53. The summed E-state index contributed by atoms with van der Waals surface area (Å²) in [5, 5.41) is 2.74. The fraction of sp³-hybridized carbons (Fsp3) is 0.462. The van der Waals surface area contributed by atoms with Gasteiger partial charge in [-0.1, -0.05) is 24.3 Å². The number of hydrogen-bond donors (Lipinski definition) is 2. The molecule has 5 nitrogen and oxygen atoms in total. The summed E-state index contributed by atoms with van der Waals surface area (Å²) in [5.74, 6) is 0. The van der Waals surface area contributed by atoms with Gasteiger partial charge in [-0.15, -0.1) is 0 Å². The fourth-order valence-electron chi connectivity index (χ4n) is 1.74. The zero-order valence-corrected chi connectivity index (χ0v) is 10.8. The fourth-order valence-corrected chi connectivity index (χ4v) is 1.74. The summed E-state index contributed by atoms with van der Waals surface area (Å²) in [7, 11) is 1.63. The number of ether oxygens (including phenoxy) is 2. The van der Waals surface area contributed by atoms with Gasteiger partial charge in [0, 0.05) is 13.7 Å². The number of carbonyl (C=O) groups excluding carboxylic acids is 1. The first-order valence-electron chi connectivity index (χ1n) is 5.93. The molecule has 0 heterocycles. The minimum Gasteiger partial charge on any atom is -0.450 e. The first-order valence-corrected chi connectivity index (χ1v) is 5.93. The molecule has 1 amide bonds. The number of alkyl carbamates (subject to hydrolysis) is 1. The lowest BCUT2D eigenvalue weighted by atomic mass is 10.0. The van der Waals surface area contributed by atoms with Gasteiger partial charge in [0.1, 0.15) is 0 Å². The van der Waals surface area contributed by atoms with Crippen LogP contribution < -0.4 is 11.1 Å². The van der Waals surface area contributed by atoms with E-state index in [0.717, 1.165) is 11.1 Å². The van der Waals surface area contributed by atoms with Crippen LogP contribution in [0.2, 0.25) is 0 Å². The van der Waals surface area contributed by atoms with Crippen LogP contribution in [0.1, 0.15) is 24.1 Å². The van der Waals surface area contributed by atoms with E-state index < -0.39 is 6.09 Å². The number of nitrogens with one attached hydrogen (secondary N) is 1. The standard InChI is InChI=1S/C13H20N2O3/c1-3-18-13(16)15-12(8-14)11-7-5-4-6-10(11)9-17-2/h4-7,12H,3,8-9,14H2,1-2H3,(H,15,16). The Morgan fingerprint density at radius 2 is 2.17 bits per heavy atom. The predicted molar refractivity (Wildman–Crippen MR) is 69.1 cm³/mol. The van der Waals surface area contributed by atoms with Gasteiger partial charge in [0.25, 0.3) is 0 Å². The molecule has 0 saturated carbocycles. The topological polar surface area (TPSA) is 73.6 Å². The second-order valence-electron chi connectivity index (χ2n) is 3.78. The number of amides is 1. The van der Waals surface area contributed by atoms with Crippen molar-refractivity contribution in [3.05, 3.63) is 35.4 Å². The largest absolute Gasteiger partial charge is 0.450 e. The Balaban J connectivity index is 2.83. The molecule has 1 aromatic carbocycles. The van der Waals surface area contributed by atoms with E-state index in [4.69, 9.17) is 15.2 Å². The highest BCUT2D eigenvalue weighted by atomic mass is 16.5. The zero-order chi connectivity index (χ0) is 13.4. The van der Waals surface area contributed by atoms with Gasteiger partial charge >= 0.3 is 6.09 Å². The zero-order valence-electron chi connectivity index (χ0n) is 10.8. The molecular formula is C13H20N2O3. The Bertz CT molecular complexity index is 382. The maximum absolute atomic E-state index is 11.4. The van der Waals surface area contributed by atoms with Crippen molar-refractivity contribution in [1.29, 1.82) is 0 Å². The van der Waals surface area contributed by atoms with Crippen molar-refractivity contribution in [2.24, 2.45) is 5.73 Å². The van der Waals surface area contributed by atoms with E-state index in [1.165, 1.54) is 0 Å². The monoisotopic (exact) mass is 252 g/mol. The van der Waals surface area contributed by atoms with E-state index in [2.05, 4.69) is 5.32 Å². The Hall–Kier alpha value is -1.59. The summed E-state index contributed by atoms with van der Waals surface area (Å²) < 4.78 is 9.99. The Labute approximate surface area is 107 Å². The van der Waals surface area contributed by atoms with Gasteiger partial charge in [0.15, 0.2) is 0 Å². The van der Waals surface area contributed by atoms with Gasteiger partial charge in [0.2, 0.25) is 0 Å². The molecule has 1 rings (SSSR count). The van der Waals surface area contributed by atoms with Gasteiger partial charge in [-0.25, -0.2) is 4.79 Å². The summed E-state index contributed by atoms with van der Waals surface area (Å²) >= 11 is 0. The van der Waals surface area contributed by atoms with Crippen molar-refractivity contribution in [1.82, 2.24) is 5.32 Å². The van der Waals surface area contributed by atoms with Gasteiger partial charge in [0.05, 0.1) is 19.3 Å². The van der Waals surface area contributed by atoms with Crippen LogP contribution in [0.5, 0.6) is 0 Å². The molecule has 0 spiro atoms. The average Bonchev–Trinajstić information content (AvgIpc) is 2.37. The SMILES string of the molecule is CCOC(=O)NC(CN)c1ccccc1COC. The average molecular weight is 252 g/mol. The second-order valence-corrected chi connectivity index (χ2v) is 3.78. The molecule has 0 saturated heterocycles. The molecule has 1 aromatic rings. The molecule has 0 aliphatic carbocycles. The molecule has 0 aliphatic rings. The van der Waals surface area contributed by atoms with E-state index in [1.54, 1.807) is 14.0 Å². The molecule has 3 N–H and O–H groups in total. The van der Waals surface area contributed by atoms with Crippen LogP contribution in [0.3, 0.4) is 0 Å². The summed E-state index contributed by atoms with van der Waals surface area (Å²) in [4.78, 5) is 11.4. The lowest BCUT2D eigenvalue weighted by Crippen LogP contribution is -2.34. The van der Waals surface area contributed by atoms with Crippen LogP contribution in [0, 0.1) is 0 Å². The molecule has 100 valence electrons. The molecular weight excluding hydrogens is 232 g/mol. The highest BCUT2D eigenvalue weighted by molar-refractivity contribution is 5.68. The third-order valence-corrected chi connectivity index (χ3v) is 2.53. The van der Waals surface area contributed by atoms with Crippen molar-refractivity contribution in [2.45, 2.75) is 19.6 Å². The quantitative estimate of drug-likeness (QED) is 0.806. The van der Waals surface area contributed by atoms with E-state index in [0.29, 0.717) is 19.8 Å². The van der Waals surface area contributed by atoms with Crippen molar-refractivity contribution >= 4 is 6.09 Å². The Kier molecular flexibility index (Phi) is 6.18. The van der Waals surface area contributed by atoms with Crippen LogP contribution in [0.25, 0.3) is 0 Å². The Morgan fingerprint density at radius 3 is 2.78 bits per heavy atom. The van der Waals surface area contributed by atoms with Crippen molar-refractivity contribution < 1.29 is 14.3 Å². The summed E-state index contributed by atoms with van der Waals surface area (Å²) in [6.07, 6.45) is -0.458. The van der Waals surface area contributed by atoms with Crippen molar-refractivity contribution in [2.75, 3.05) is 20.3 Å². The minimum absolute atomic E-state index is 0.268. The predicted octanol–water partition coefficient (Wildman–Crippen LogP) is 1.58. The highest BCUT2D eigenvalue weighted by Gasteiger charge is 2.16. The lowest BCUT2D eigenvalue weighted by molar-refractivity contribution is 0.148. The van der Waals surface area contributed by atoms with Gasteiger partial charge in [-0.2, -0.15) is 0 Å². The molecule has 0 bridgehead atoms. The van der Waals surface area contributed by atoms with Gasteiger partial charge in [-0.3, -0.25) is 0 Å². The molecule has 0 aromatic heterocycles. The molecule has 0 aliphatic heterocycles. The smallest absolute Gasteiger partial charge is 0.407 e. The number of nitrogens with two attached hydrogens (primary N) is 1. The summed E-state index contributed by atoms with van der Waals surface area (Å²) in [6.45, 7) is 2.88. The number of benzene rings is 1. The first-order chi connectivity index (χ1) is 8.72. The van der Waals surface area contributed by atoms with E-state index in [1.807, 2.05) is 24.3 Å². The molecule has 1 atom stereocenters. The summed E-state index contributed by atoms with van der Waals surface area (Å²) in [5.41, 5.74) is 7.66. The highest BCUT2D eigenvalue weighted by Crippen LogP contribution is 2.18. The van der Waals surface area contributed by atoms with Crippen molar-refractivity contribution in [3.8, 4) is 0 Å². The van der Waals surface area contributed by atoms with Crippen LogP contribution in [0.15, 0.2) is 24.3 Å². The maximum Gasteiger partial charge on any atom is 0.407 e. The molecule has 0 fully saturated rings. The summed E-state index contributed by atoms with van der Waals surface area (Å²) in [6, 6.07) is 7.45. The second kappa shape index (κ2) is 7.68. The van der Waals surface area contributed by atoms with E-state index in [9.17, 15) is 4.79 Å². The van der Waals surface area contributed by atoms with Crippen molar-refractivity contribution in [3.63, 3.8) is 0 Å². The van der Waals surface area contributed by atoms with E-state index in [-0.39, 0.29) is 6.04 Å². The number of rotatable bonds is 6. The first kappa shape index (κ1) is 14.5. The molecule has 0 radical (unpaired) electrons. The van der Waals surface area contributed by atoms with Crippen LogP contribution in [0.4, 0.5) is 4.79 Å². The van der Waals surface area contributed by atoms with Crippen LogP contribution in [-0.2, 0) is 16.1 Å². The molecule has 5 heteroatoms. The minimum atomic E-state index is -0.458. The lowest BCUT2D eigenvalue weighted by Gasteiger charge is -2.19. The third kappa shape index (κ3) is 4.01. The molecule has 1 unspecified atom stereocenters. The Morgan fingerprint density at radius 1 is 1.44 bits per heavy atom. The number of hydrogen-bond acceptors (Lipinski definition) is 4. The maximum atomic E-state index is 11.4. The normalized spacial score (nSPS) is 11.9. The van der Waals surface area contributed by atoms with E-state index >= 15 is 0 Å². The van der Waals surface area contributed by atoms with Gasteiger partial charge < -0.3 is 20.5 Å². The van der Waals surface area contributed by atoms with Crippen LogP contribution in [-0.4, -0.2) is 26.4 Å². The van der Waals surface area contributed by atoms with Gasteiger partial charge in [-0.05, 0) is 18.1 Å². The number of methoxy groups -OCH3 is 1. The van der Waals surface area contributed by atoms with Crippen LogP contribution >= 0.6 is 0 Å². The molecule has 18 heavy (non-hydrogen) atoms. The number of carbonyl (C=O) groups is 1.